The maximum Gasteiger partial charge on any atom is 0.256 e. The van der Waals surface area contributed by atoms with Crippen molar-refractivity contribution in [2.45, 2.75) is 57.6 Å². The minimum Gasteiger partial charge on any atom is -0.475 e. The molecule has 0 N–H and O–H groups in total. The summed E-state index contributed by atoms with van der Waals surface area (Å²) in [4.78, 5) is 34.4. The number of ether oxygens (including phenoxy) is 1. The van der Waals surface area contributed by atoms with Crippen LogP contribution in [0.1, 0.15) is 71.5 Å². The number of benzene rings is 1. The molecule has 0 unspecified atom stereocenters. The first-order valence-electron chi connectivity index (χ1n) is 13.5. The van der Waals surface area contributed by atoms with Crippen LogP contribution in [0, 0.1) is 0 Å². The molecule has 0 bridgehead atoms. The van der Waals surface area contributed by atoms with Gasteiger partial charge in [0.25, 0.3) is 5.91 Å². The molecule has 1 atom stereocenters. The van der Waals surface area contributed by atoms with Crippen molar-refractivity contribution < 1.29 is 14.3 Å². The third-order valence-electron chi connectivity index (χ3n) is 7.68. The third-order valence-corrected chi connectivity index (χ3v) is 7.68. The first-order valence-corrected chi connectivity index (χ1v) is 13.5. The number of rotatable bonds is 6. The van der Waals surface area contributed by atoms with Crippen LogP contribution in [0.25, 0.3) is 5.69 Å². The zero-order chi connectivity index (χ0) is 26.4. The molecule has 0 saturated heterocycles. The number of amides is 2. The van der Waals surface area contributed by atoms with E-state index in [0.717, 1.165) is 22.6 Å². The first kappa shape index (κ1) is 24.4. The number of aromatic nitrogens is 3. The molecule has 0 spiro atoms. The Labute approximate surface area is 222 Å². The van der Waals surface area contributed by atoms with Gasteiger partial charge in [0, 0.05) is 50.3 Å². The fraction of sp³-hybridized carbons (Fsp3) is 0.400. The van der Waals surface area contributed by atoms with Crippen LogP contribution in [0.5, 0.6) is 5.88 Å². The van der Waals surface area contributed by atoms with Gasteiger partial charge in [-0.2, -0.15) is 5.10 Å². The Kier molecular flexibility index (Phi) is 6.26. The molecule has 3 aromatic rings. The SMILES string of the molecule is C=CC(=O)N1CCc2nn(-c3ccc(C4CC4)cc3)c3c2[C@@H](C1)N(C(=O)c1ccc(OC(C)C)nc1)CC3. The van der Waals surface area contributed by atoms with E-state index in [1.54, 1.807) is 23.2 Å². The first-order chi connectivity index (χ1) is 18.4. The van der Waals surface area contributed by atoms with E-state index in [1.165, 1.54) is 24.5 Å². The molecular formula is C30H33N5O3. The fourth-order valence-corrected chi connectivity index (χ4v) is 5.67. The topological polar surface area (TPSA) is 80.6 Å². The monoisotopic (exact) mass is 511 g/mol. The van der Waals surface area contributed by atoms with Gasteiger partial charge in [-0.05, 0) is 62.4 Å². The van der Waals surface area contributed by atoms with Crippen LogP contribution < -0.4 is 4.74 Å². The smallest absolute Gasteiger partial charge is 0.256 e. The van der Waals surface area contributed by atoms with E-state index in [0.29, 0.717) is 49.8 Å². The molecule has 3 aliphatic rings. The molecule has 1 fully saturated rings. The summed E-state index contributed by atoms with van der Waals surface area (Å²) in [7, 11) is 0. The van der Waals surface area contributed by atoms with Crippen molar-refractivity contribution in [3.63, 3.8) is 0 Å². The van der Waals surface area contributed by atoms with Crippen molar-refractivity contribution in [3.05, 3.63) is 83.3 Å². The molecule has 38 heavy (non-hydrogen) atoms. The number of pyridine rings is 1. The van der Waals surface area contributed by atoms with Crippen LogP contribution in [-0.4, -0.2) is 62.1 Å². The summed E-state index contributed by atoms with van der Waals surface area (Å²) < 4.78 is 7.70. The van der Waals surface area contributed by atoms with Crippen molar-refractivity contribution in [2.24, 2.45) is 0 Å². The molecule has 0 radical (unpaired) electrons. The van der Waals surface area contributed by atoms with E-state index < -0.39 is 0 Å². The lowest BCUT2D eigenvalue weighted by atomic mass is 9.95. The van der Waals surface area contributed by atoms with Gasteiger partial charge in [-0.1, -0.05) is 18.7 Å². The summed E-state index contributed by atoms with van der Waals surface area (Å²) in [6, 6.07) is 11.9. The highest BCUT2D eigenvalue weighted by atomic mass is 16.5. The lowest BCUT2D eigenvalue weighted by molar-refractivity contribution is -0.126. The second-order valence-corrected chi connectivity index (χ2v) is 10.6. The van der Waals surface area contributed by atoms with Gasteiger partial charge >= 0.3 is 0 Å². The quantitative estimate of drug-likeness (QED) is 0.463. The minimum atomic E-state index is -0.293. The van der Waals surface area contributed by atoms with Crippen LogP contribution in [0.2, 0.25) is 0 Å². The lowest BCUT2D eigenvalue weighted by Crippen LogP contribution is -2.45. The van der Waals surface area contributed by atoms with Gasteiger partial charge in [0.05, 0.1) is 34.8 Å². The largest absolute Gasteiger partial charge is 0.475 e. The standard InChI is InChI=1S/C30H33N5O3/c1-4-28(36)33-15-13-24-29-25(35(32-24)23-10-7-21(8-11-23)20-5-6-20)14-16-34(26(29)18-33)30(37)22-9-12-27(31-17-22)38-19(2)3/h4,7-12,17,19-20,26H,1,5-6,13-16,18H2,2-3H3/t26-/m1/s1. The summed E-state index contributed by atoms with van der Waals surface area (Å²) in [6.07, 6.45) is 6.79. The zero-order valence-corrected chi connectivity index (χ0v) is 22.0. The Morgan fingerprint density at radius 3 is 2.53 bits per heavy atom. The predicted molar refractivity (Wildman–Crippen MR) is 144 cm³/mol. The Bertz CT molecular complexity index is 1370. The molecule has 2 aliphatic heterocycles. The third kappa shape index (κ3) is 4.48. The Morgan fingerprint density at radius 2 is 1.87 bits per heavy atom. The number of carbonyl (C=O) groups is 2. The van der Waals surface area contributed by atoms with Crippen molar-refractivity contribution in [1.29, 1.82) is 0 Å². The second-order valence-electron chi connectivity index (χ2n) is 10.6. The number of carbonyl (C=O) groups excluding carboxylic acids is 2. The van der Waals surface area contributed by atoms with Gasteiger partial charge in [-0.15, -0.1) is 0 Å². The van der Waals surface area contributed by atoms with Crippen molar-refractivity contribution >= 4 is 11.8 Å². The Hall–Kier alpha value is -3.94. The Morgan fingerprint density at radius 1 is 1.08 bits per heavy atom. The van der Waals surface area contributed by atoms with E-state index in [4.69, 9.17) is 9.84 Å². The van der Waals surface area contributed by atoms with Gasteiger partial charge in [-0.3, -0.25) is 9.59 Å². The highest BCUT2D eigenvalue weighted by Crippen LogP contribution is 2.41. The molecule has 1 aliphatic carbocycles. The predicted octanol–water partition coefficient (Wildman–Crippen LogP) is 4.24. The Balaban J connectivity index is 1.35. The number of nitrogens with zero attached hydrogens (tertiary/aromatic N) is 5. The van der Waals surface area contributed by atoms with Crippen molar-refractivity contribution in [2.75, 3.05) is 19.6 Å². The molecule has 2 amide bonds. The molecule has 1 saturated carbocycles. The summed E-state index contributed by atoms with van der Waals surface area (Å²) in [5.41, 5.74) is 6.08. The van der Waals surface area contributed by atoms with Gasteiger partial charge < -0.3 is 14.5 Å². The zero-order valence-electron chi connectivity index (χ0n) is 22.0. The summed E-state index contributed by atoms with van der Waals surface area (Å²) in [5, 5.41) is 5.04. The molecule has 2 aromatic heterocycles. The molecule has 1 aromatic carbocycles. The second kappa shape index (κ2) is 9.74. The average molecular weight is 512 g/mol. The van der Waals surface area contributed by atoms with Crippen LogP contribution >= 0.6 is 0 Å². The van der Waals surface area contributed by atoms with Crippen molar-refractivity contribution in [1.82, 2.24) is 24.6 Å². The molecule has 8 nitrogen and oxygen atoms in total. The lowest BCUT2D eigenvalue weighted by Gasteiger charge is -2.37. The molecule has 6 rings (SSSR count). The fourth-order valence-electron chi connectivity index (χ4n) is 5.67. The average Bonchev–Trinajstić information content (AvgIpc) is 3.73. The van der Waals surface area contributed by atoms with Crippen LogP contribution in [-0.2, 0) is 17.6 Å². The van der Waals surface area contributed by atoms with Gasteiger partial charge in [-0.25, -0.2) is 9.67 Å². The summed E-state index contributed by atoms with van der Waals surface area (Å²) in [6.45, 7) is 9.03. The molecule has 8 heteroatoms. The molecule has 196 valence electrons. The van der Waals surface area contributed by atoms with Gasteiger partial charge in [0.1, 0.15) is 0 Å². The van der Waals surface area contributed by atoms with E-state index in [9.17, 15) is 9.59 Å². The van der Waals surface area contributed by atoms with Crippen LogP contribution in [0.3, 0.4) is 0 Å². The van der Waals surface area contributed by atoms with E-state index >= 15 is 0 Å². The highest BCUT2D eigenvalue weighted by molar-refractivity contribution is 5.94. The van der Waals surface area contributed by atoms with E-state index in [2.05, 4.69) is 40.5 Å². The number of hydrogen-bond donors (Lipinski definition) is 0. The minimum absolute atomic E-state index is 0.00352. The highest BCUT2D eigenvalue weighted by Gasteiger charge is 2.40. The van der Waals surface area contributed by atoms with Crippen LogP contribution in [0.15, 0.2) is 55.3 Å². The normalized spacial score (nSPS) is 18.7. The maximum atomic E-state index is 13.8. The van der Waals surface area contributed by atoms with E-state index in [-0.39, 0.29) is 24.0 Å². The van der Waals surface area contributed by atoms with Crippen LogP contribution in [0.4, 0.5) is 0 Å². The summed E-state index contributed by atoms with van der Waals surface area (Å²) in [5.74, 6) is 0.959. The van der Waals surface area contributed by atoms with E-state index in [1.807, 2.05) is 18.7 Å². The molecular weight excluding hydrogens is 478 g/mol. The molecule has 4 heterocycles. The van der Waals surface area contributed by atoms with Crippen molar-refractivity contribution in [3.8, 4) is 11.6 Å². The summed E-state index contributed by atoms with van der Waals surface area (Å²) >= 11 is 0. The van der Waals surface area contributed by atoms with Gasteiger partial charge in [0.15, 0.2) is 0 Å². The van der Waals surface area contributed by atoms with Gasteiger partial charge in [0.2, 0.25) is 11.8 Å². The number of hydrogen-bond acceptors (Lipinski definition) is 5. The maximum absolute atomic E-state index is 13.8.